The summed E-state index contributed by atoms with van der Waals surface area (Å²) in [6.07, 6.45) is 96.2. The molecule has 5 nitrogen and oxygen atoms in total. The highest BCUT2D eigenvalue weighted by atomic mass is 16.5. The molecule has 0 aromatic rings. The lowest BCUT2D eigenvalue weighted by atomic mass is 9.71. The smallest absolute Gasteiger partial charge is 0.306 e. The Morgan fingerprint density at radius 1 is 0.416 bits per heavy atom. The summed E-state index contributed by atoms with van der Waals surface area (Å²) >= 11 is 0. The topological polar surface area (TPSA) is 69.7 Å². The summed E-state index contributed by atoms with van der Waals surface area (Å²) in [6.45, 7) is 25.4. The van der Waals surface area contributed by atoms with E-state index in [2.05, 4.69) is 270 Å². The summed E-state index contributed by atoms with van der Waals surface area (Å²) in [5, 5.41) is 0. The summed E-state index contributed by atoms with van der Waals surface area (Å²) in [6, 6.07) is 0. The van der Waals surface area contributed by atoms with Gasteiger partial charge in [-0.25, -0.2) is 0 Å². The molecule has 0 N–H and O–H groups in total. The molecule has 89 heavy (non-hydrogen) atoms. The molecule has 0 heterocycles. The molecule has 2 rings (SSSR count). The van der Waals surface area contributed by atoms with Gasteiger partial charge < -0.3 is 9.47 Å². The average Bonchev–Trinajstić information content (AvgIpc) is 1.17. The zero-order valence-electron chi connectivity index (χ0n) is 57.1. The van der Waals surface area contributed by atoms with Gasteiger partial charge in [0.1, 0.15) is 6.10 Å². The predicted octanol–water partition coefficient (Wildman–Crippen LogP) is 23.8. The second-order valence-corrected chi connectivity index (χ2v) is 24.4. The van der Waals surface area contributed by atoms with Gasteiger partial charge in [-0.1, -0.05) is 300 Å². The van der Waals surface area contributed by atoms with Crippen molar-refractivity contribution < 1.29 is 23.9 Å². The van der Waals surface area contributed by atoms with Gasteiger partial charge in [-0.15, -0.1) is 0 Å². The van der Waals surface area contributed by atoms with Crippen LogP contribution in [0.5, 0.6) is 0 Å². The number of carbonyl (C=O) groups is 3. The van der Waals surface area contributed by atoms with Crippen LogP contribution in [0.25, 0.3) is 0 Å². The van der Waals surface area contributed by atoms with Gasteiger partial charge in [0, 0.05) is 25.7 Å². The fourth-order valence-corrected chi connectivity index (χ4v) is 10.1. The second-order valence-electron chi connectivity index (χ2n) is 24.4. The molecule has 0 bridgehead atoms. The van der Waals surface area contributed by atoms with Crippen molar-refractivity contribution in [3.05, 3.63) is 275 Å². The van der Waals surface area contributed by atoms with Crippen molar-refractivity contribution in [3.8, 4) is 0 Å². The fourth-order valence-electron chi connectivity index (χ4n) is 10.1. The molecule has 0 unspecified atom stereocenters. The number of ketones is 1. The quantitative estimate of drug-likeness (QED) is 0.0347. The maximum absolute atomic E-state index is 13.4. The van der Waals surface area contributed by atoms with E-state index in [1.807, 2.05) is 44.2 Å². The maximum Gasteiger partial charge on any atom is 0.306 e. The van der Waals surface area contributed by atoms with Gasteiger partial charge >= 0.3 is 11.9 Å². The highest BCUT2D eigenvalue weighted by Gasteiger charge is 2.40. The molecule has 0 fully saturated rings. The second kappa shape index (κ2) is 48.5. The Morgan fingerprint density at radius 2 is 0.730 bits per heavy atom. The van der Waals surface area contributed by atoms with Gasteiger partial charge in [-0.2, -0.15) is 0 Å². The maximum atomic E-state index is 13.4. The number of Topliss-reactive ketones (excluding diaryl/α,β-unsaturated/α-hetero) is 1. The largest absolute Gasteiger partial charge is 0.462 e. The Morgan fingerprint density at radius 3 is 1.10 bits per heavy atom. The Kier molecular flexibility index (Phi) is 42.4. The van der Waals surface area contributed by atoms with Gasteiger partial charge in [0.05, 0.1) is 0 Å². The molecule has 0 spiro atoms. The van der Waals surface area contributed by atoms with Crippen molar-refractivity contribution in [1.82, 2.24) is 0 Å². The van der Waals surface area contributed by atoms with E-state index < -0.39 is 6.10 Å². The van der Waals surface area contributed by atoms with Gasteiger partial charge in [0.25, 0.3) is 0 Å². The molecule has 0 saturated carbocycles. The molecule has 0 saturated heterocycles. The van der Waals surface area contributed by atoms with E-state index in [4.69, 9.17) is 9.47 Å². The van der Waals surface area contributed by atoms with Gasteiger partial charge in [-0.05, 0) is 165 Å². The highest BCUT2D eigenvalue weighted by molar-refractivity contribution is 6.01. The van der Waals surface area contributed by atoms with E-state index in [9.17, 15) is 14.4 Å². The van der Waals surface area contributed by atoms with E-state index >= 15 is 0 Å². The molecule has 2 aliphatic carbocycles. The van der Waals surface area contributed by atoms with Crippen LogP contribution in [-0.2, 0) is 23.9 Å². The van der Waals surface area contributed by atoms with Crippen molar-refractivity contribution in [3.63, 3.8) is 0 Å². The molecular weight excluding hydrogens is 1090 g/mol. The number of hydrogen-bond acceptors (Lipinski definition) is 5. The molecular formula is C84H114O5. The molecule has 2 aliphatic rings. The van der Waals surface area contributed by atoms with Crippen LogP contribution in [0.4, 0.5) is 0 Å². The van der Waals surface area contributed by atoms with Crippen molar-refractivity contribution in [2.75, 3.05) is 0 Å². The zero-order chi connectivity index (χ0) is 65.2. The normalized spacial score (nSPS) is 19.1. The number of hydrogen-bond donors (Lipinski definition) is 0. The highest BCUT2D eigenvalue weighted by Crippen LogP contribution is 2.43. The van der Waals surface area contributed by atoms with Gasteiger partial charge in [-0.3, -0.25) is 14.4 Å². The molecule has 0 aromatic carbocycles. The lowest BCUT2D eigenvalue weighted by Crippen LogP contribution is -2.38. The summed E-state index contributed by atoms with van der Waals surface area (Å²) < 4.78 is 11.8. The number of ether oxygens (including phenoxy) is 2. The molecule has 5 heteroatoms. The van der Waals surface area contributed by atoms with Crippen LogP contribution in [-0.4, -0.2) is 29.9 Å². The molecule has 0 radical (unpaired) electrons. The van der Waals surface area contributed by atoms with Crippen LogP contribution >= 0.6 is 0 Å². The molecule has 2 atom stereocenters. The molecule has 480 valence electrons. The fraction of sp³-hybridized carbons (Fsp3) is 0.417. The zero-order valence-corrected chi connectivity index (χ0v) is 57.1. The molecule has 0 aromatic heterocycles. The average molecular weight is 1200 g/mol. The van der Waals surface area contributed by atoms with Crippen molar-refractivity contribution >= 4 is 17.7 Å². The summed E-state index contributed by atoms with van der Waals surface area (Å²) in [5.41, 5.74) is 8.23. The minimum absolute atomic E-state index is 0.104. The molecule has 0 aliphatic heterocycles. The summed E-state index contributed by atoms with van der Waals surface area (Å²) in [4.78, 5) is 39.1. The van der Waals surface area contributed by atoms with Crippen molar-refractivity contribution in [2.24, 2.45) is 10.8 Å². The third-order valence-corrected chi connectivity index (χ3v) is 15.0. The van der Waals surface area contributed by atoms with E-state index in [0.717, 1.165) is 118 Å². The Bertz CT molecular complexity index is 2880. The van der Waals surface area contributed by atoms with E-state index in [1.165, 1.54) is 11.1 Å². The van der Waals surface area contributed by atoms with Crippen LogP contribution < -0.4 is 0 Å². The number of esters is 2. The minimum Gasteiger partial charge on any atom is -0.462 e. The Hall–Kier alpha value is -7.37. The summed E-state index contributed by atoms with van der Waals surface area (Å²) in [7, 11) is 0. The van der Waals surface area contributed by atoms with E-state index in [1.54, 1.807) is 0 Å². The van der Waals surface area contributed by atoms with Crippen LogP contribution in [0.1, 0.15) is 205 Å². The molecule has 0 amide bonds. The third-order valence-electron chi connectivity index (χ3n) is 15.0. The van der Waals surface area contributed by atoms with Crippen molar-refractivity contribution in [2.45, 2.75) is 217 Å². The monoisotopic (exact) mass is 1200 g/mol. The number of allylic oxidation sites excluding steroid dienone is 44. The van der Waals surface area contributed by atoms with Gasteiger partial charge in [0.15, 0.2) is 11.9 Å². The standard InChI is InChI=1S/C84H114O5/c1-13-15-17-19-21-23-25-27-29-31-33-35-37-39-41-43-45-47-49-61-80(85)88-76-67-74(7)77(83(9,10)68-76)65-63-72(5)59-53-57-70(3)55-51-52-56-71(4)58-54-60-73(6)64-66-78-75(8)82(87)79(69-84(78,11)12)89-81(86)62-50-48-46-44-42-40-38-36-34-32-30-28-26-24-22-20-18-16-14-2/h15-18,21-24,27-30,33-36,39-42,45-48,51-60,63-66,76,79H,13-14,19-20,25-26,31-32,37-38,43-44,49-50,61-62,67-69H2,1-12H3/b17-15-,18-16-,23-21-,24-22-,29-27-,30-28-,35-33-,36-34-,41-39-,42-40-,47-45-,48-46-,52-51+,57-53+,58-54+,65-63+,66-64+,70-55+,71-56+,72-59+,73-60+/t76-,79-/m1/s1. The Balaban J connectivity index is 1.75. The van der Waals surface area contributed by atoms with Crippen LogP contribution in [0.3, 0.4) is 0 Å². The minimum atomic E-state index is -0.767. The first-order valence-corrected chi connectivity index (χ1v) is 33.1. The number of rotatable bonds is 40. The van der Waals surface area contributed by atoms with Crippen molar-refractivity contribution in [1.29, 1.82) is 0 Å². The van der Waals surface area contributed by atoms with E-state index in [-0.39, 0.29) is 41.1 Å². The SMILES string of the molecule is CC/C=C\C/C=C\C/C=C\C/C=C\C/C=C\C/C=C\CCC(=O)O[C@@H]1CC(C)=C(/C=C/C(C)=C/C=C/C(C)=C/C=C/C=C(C)/C=C/C=C(C)/C=C/C2=C(C)C(=O)[C@H](OC(=O)CC/C=C\C/C=C\C/C=C\C/C=C\C/C=C\C/C=C\CC)CC2(C)C)C(C)(C)C1. The number of carbonyl (C=O) groups excluding carboxylic acids is 3. The lowest BCUT2D eigenvalue weighted by molar-refractivity contribution is -0.156. The summed E-state index contributed by atoms with van der Waals surface area (Å²) in [5.74, 6) is -0.579. The predicted molar refractivity (Wildman–Crippen MR) is 387 cm³/mol. The van der Waals surface area contributed by atoms with Crippen LogP contribution in [0.15, 0.2) is 275 Å². The third kappa shape index (κ3) is 38.6. The first-order valence-electron chi connectivity index (χ1n) is 33.1. The van der Waals surface area contributed by atoms with Crippen LogP contribution in [0, 0.1) is 10.8 Å². The first-order chi connectivity index (χ1) is 42.9. The van der Waals surface area contributed by atoms with Gasteiger partial charge in [0.2, 0.25) is 0 Å². The van der Waals surface area contributed by atoms with Crippen LogP contribution in [0.2, 0.25) is 0 Å². The van der Waals surface area contributed by atoms with E-state index in [0.29, 0.717) is 31.3 Å². The lowest BCUT2D eigenvalue weighted by Gasteiger charge is -2.37. The Labute approximate surface area is 542 Å². The first kappa shape index (κ1) is 77.7.